The van der Waals surface area contributed by atoms with Crippen LogP contribution in [0.5, 0.6) is 0 Å². The third-order valence-corrected chi connectivity index (χ3v) is 4.40. The Morgan fingerprint density at radius 2 is 2.10 bits per heavy atom. The maximum absolute atomic E-state index is 12.4. The molecule has 21 heavy (non-hydrogen) atoms. The molecule has 1 aliphatic heterocycles. The van der Waals surface area contributed by atoms with Crippen LogP contribution in [0.25, 0.3) is 11.0 Å². The van der Waals surface area contributed by atoms with E-state index >= 15 is 0 Å². The summed E-state index contributed by atoms with van der Waals surface area (Å²) in [7, 11) is 1.84. The van der Waals surface area contributed by atoms with Crippen LogP contribution in [0.15, 0.2) is 12.3 Å². The summed E-state index contributed by atoms with van der Waals surface area (Å²) >= 11 is 0. The molecule has 1 fully saturated rings. The number of hydrogen-bond acceptors (Lipinski definition) is 4. The lowest BCUT2D eigenvalue weighted by atomic mass is 9.82. The van der Waals surface area contributed by atoms with Crippen molar-refractivity contribution in [3.63, 3.8) is 0 Å². The first kappa shape index (κ1) is 14.0. The van der Waals surface area contributed by atoms with Crippen molar-refractivity contribution in [1.29, 1.82) is 0 Å². The highest BCUT2D eigenvalue weighted by atomic mass is 16.3. The number of carbonyl (C=O) groups is 1. The lowest BCUT2D eigenvalue weighted by Crippen LogP contribution is -2.65. The van der Waals surface area contributed by atoms with E-state index in [4.69, 9.17) is 0 Å². The third kappa shape index (κ3) is 2.10. The van der Waals surface area contributed by atoms with Gasteiger partial charge in [-0.15, -0.1) is 0 Å². The Balaban J connectivity index is 1.85. The van der Waals surface area contributed by atoms with E-state index in [1.165, 1.54) is 0 Å². The Morgan fingerprint density at radius 1 is 1.43 bits per heavy atom. The van der Waals surface area contributed by atoms with Gasteiger partial charge in [0.25, 0.3) is 5.91 Å². The van der Waals surface area contributed by atoms with Gasteiger partial charge in [-0.3, -0.25) is 9.48 Å². The molecule has 0 aromatic carbocycles. The average molecular weight is 288 g/mol. The summed E-state index contributed by atoms with van der Waals surface area (Å²) < 4.78 is 1.71. The second kappa shape index (κ2) is 4.53. The lowest BCUT2D eigenvalue weighted by Gasteiger charge is -2.49. The number of β-amino-alcohol motifs (C(OH)–C–C–N with tert-alkyl or cyclic N) is 1. The van der Waals surface area contributed by atoms with Crippen molar-refractivity contribution >= 4 is 16.9 Å². The molecule has 2 aromatic heterocycles. The summed E-state index contributed by atoms with van der Waals surface area (Å²) in [4.78, 5) is 18.4. The number of pyridine rings is 1. The molecule has 0 unspecified atom stereocenters. The van der Waals surface area contributed by atoms with Crippen LogP contribution in [0.4, 0.5) is 0 Å². The van der Waals surface area contributed by atoms with Crippen molar-refractivity contribution in [2.75, 3.05) is 13.1 Å². The lowest BCUT2D eigenvalue weighted by molar-refractivity contribution is -0.110. The molecule has 1 saturated heterocycles. The summed E-state index contributed by atoms with van der Waals surface area (Å²) in [5.74, 6) is 0.0562. The van der Waals surface area contributed by atoms with Crippen LogP contribution < -0.4 is 0 Å². The van der Waals surface area contributed by atoms with E-state index in [2.05, 4.69) is 10.1 Å². The van der Waals surface area contributed by atoms with Crippen LogP contribution in [-0.4, -0.2) is 49.4 Å². The van der Waals surface area contributed by atoms with Gasteiger partial charge in [0.2, 0.25) is 0 Å². The molecule has 0 radical (unpaired) electrons. The molecule has 1 N–H and O–H groups in total. The molecule has 0 atom stereocenters. The Labute approximate surface area is 123 Å². The molecule has 0 aliphatic carbocycles. The normalized spacial score (nSPS) is 17.3. The molecule has 0 bridgehead atoms. The maximum Gasteiger partial charge on any atom is 0.255 e. The van der Waals surface area contributed by atoms with Gasteiger partial charge in [0.1, 0.15) is 5.60 Å². The number of hydrogen-bond donors (Lipinski definition) is 1. The van der Waals surface area contributed by atoms with E-state index in [1.54, 1.807) is 15.8 Å². The maximum atomic E-state index is 12.4. The van der Waals surface area contributed by atoms with Gasteiger partial charge in [-0.05, 0) is 18.9 Å². The standard InChI is InChI=1S/C15H20N4O2/c1-9(2)15(21)7-19(8-15)14(20)11-5-12-10(3)17-18(4)13(12)16-6-11/h5-6,9,21H,7-8H2,1-4H3. The van der Waals surface area contributed by atoms with Crippen molar-refractivity contribution in [3.05, 3.63) is 23.5 Å². The second-order valence-corrected chi connectivity index (χ2v) is 6.22. The van der Waals surface area contributed by atoms with E-state index in [-0.39, 0.29) is 11.8 Å². The molecule has 2 aromatic rings. The molecule has 3 heterocycles. The molecule has 0 spiro atoms. The smallest absolute Gasteiger partial charge is 0.255 e. The Kier molecular flexibility index (Phi) is 3.02. The zero-order chi connectivity index (χ0) is 15.4. The molecule has 112 valence electrons. The number of aromatic nitrogens is 3. The summed E-state index contributed by atoms with van der Waals surface area (Å²) in [5.41, 5.74) is 1.42. The average Bonchev–Trinajstić information content (AvgIpc) is 2.69. The van der Waals surface area contributed by atoms with E-state index in [1.807, 2.05) is 33.9 Å². The summed E-state index contributed by atoms with van der Waals surface area (Å²) in [6, 6.07) is 1.83. The molecular formula is C15H20N4O2. The Morgan fingerprint density at radius 3 is 2.71 bits per heavy atom. The van der Waals surface area contributed by atoms with Gasteiger partial charge in [0.15, 0.2) is 5.65 Å². The van der Waals surface area contributed by atoms with Crippen molar-refractivity contribution in [1.82, 2.24) is 19.7 Å². The predicted octanol–water partition coefficient (Wildman–Crippen LogP) is 1.12. The topological polar surface area (TPSA) is 71.2 Å². The first-order valence-corrected chi connectivity index (χ1v) is 7.13. The predicted molar refractivity (Wildman–Crippen MR) is 78.9 cm³/mol. The monoisotopic (exact) mass is 288 g/mol. The summed E-state index contributed by atoms with van der Waals surface area (Å²) in [5, 5.41) is 15.4. The first-order valence-electron chi connectivity index (χ1n) is 7.13. The van der Waals surface area contributed by atoms with E-state index in [0.717, 1.165) is 16.7 Å². The number of amides is 1. The fraction of sp³-hybridized carbons (Fsp3) is 0.533. The number of fused-ring (bicyclic) bond motifs is 1. The molecule has 6 nitrogen and oxygen atoms in total. The number of nitrogens with zero attached hydrogens (tertiary/aromatic N) is 4. The molecule has 1 aliphatic rings. The van der Waals surface area contributed by atoms with Gasteiger partial charge in [-0.1, -0.05) is 13.8 Å². The molecular weight excluding hydrogens is 268 g/mol. The fourth-order valence-corrected chi connectivity index (χ4v) is 2.73. The SMILES string of the molecule is Cc1nn(C)c2ncc(C(=O)N3CC(O)(C(C)C)C3)cc12. The highest BCUT2D eigenvalue weighted by Gasteiger charge is 2.46. The van der Waals surface area contributed by atoms with Crippen LogP contribution in [0.2, 0.25) is 0 Å². The summed E-state index contributed by atoms with van der Waals surface area (Å²) in [6.45, 7) is 6.60. The van der Waals surface area contributed by atoms with Gasteiger partial charge in [0.05, 0.1) is 24.3 Å². The number of carbonyl (C=O) groups excluding carboxylic acids is 1. The third-order valence-electron chi connectivity index (χ3n) is 4.40. The fourth-order valence-electron chi connectivity index (χ4n) is 2.73. The number of likely N-dealkylation sites (tertiary alicyclic amines) is 1. The van der Waals surface area contributed by atoms with E-state index in [0.29, 0.717) is 18.7 Å². The number of rotatable bonds is 2. The molecule has 0 saturated carbocycles. The van der Waals surface area contributed by atoms with E-state index < -0.39 is 5.60 Å². The quantitative estimate of drug-likeness (QED) is 0.899. The molecule has 3 rings (SSSR count). The highest BCUT2D eigenvalue weighted by Crippen LogP contribution is 2.30. The zero-order valence-corrected chi connectivity index (χ0v) is 12.8. The first-order chi connectivity index (χ1) is 9.82. The van der Waals surface area contributed by atoms with Crippen LogP contribution in [-0.2, 0) is 7.05 Å². The number of aryl methyl sites for hydroxylation is 2. The molecule has 6 heteroatoms. The minimum Gasteiger partial charge on any atom is -0.386 e. The Hall–Kier alpha value is -1.95. The van der Waals surface area contributed by atoms with Gasteiger partial charge in [-0.25, -0.2) is 4.98 Å². The largest absolute Gasteiger partial charge is 0.386 e. The van der Waals surface area contributed by atoms with Crippen molar-refractivity contribution in [2.45, 2.75) is 26.4 Å². The summed E-state index contributed by atoms with van der Waals surface area (Å²) in [6.07, 6.45) is 1.58. The number of aliphatic hydroxyl groups is 1. The Bertz CT molecular complexity index is 714. The van der Waals surface area contributed by atoms with Crippen LogP contribution >= 0.6 is 0 Å². The van der Waals surface area contributed by atoms with Gasteiger partial charge >= 0.3 is 0 Å². The van der Waals surface area contributed by atoms with Crippen LogP contribution in [0.1, 0.15) is 29.9 Å². The van der Waals surface area contributed by atoms with Crippen molar-refractivity contribution in [3.8, 4) is 0 Å². The van der Waals surface area contributed by atoms with Crippen LogP contribution in [0.3, 0.4) is 0 Å². The zero-order valence-electron chi connectivity index (χ0n) is 12.8. The second-order valence-electron chi connectivity index (χ2n) is 6.22. The van der Waals surface area contributed by atoms with Crippen molar-refractivity contribution < 1.29 is 9.90 Å². The minimum absolute atomic E-state index is 0.0852. The highest BCUT2D eigenvalue weighted by molar-refractivity contribution is 5.97. The van der Waals surface area contributed by atoms with Crippen LogP contribution in [0, 0.1) is 12.8 Å². The van der Waals surface area contributed by atoms with Gasteiger partial charge in [0, 0.05) is 18.6 Å². The molecule has 1 amide bonds. The van der Waals surface area contributed by atoms with E-state index in [9.17, 15) is 9.90 Å². The van der Waals surface area contributed by atoms with Gasteiger partial charge < -0.3 is 10.0 Å². The minimum atomic E-state index is -0.753. The van der Waals surface area contributed by atoms with Crippen molar-refractivity contribution in [2.24, 2.45) is 13.0 Å². The van der Waals surface area contributed by atoms with Gasteiger partial charge in [-0.2, -0.15) is 5.10 Å².